The van der Waals surface area contributed by atoms with E-state index in [4.69, 9.17) is 17.3 Å². The van der Waals surface area contributed by atoms with Gasteiger partial charge in [-0.15, -0.1) is 0 Å². The average molecular weight is 241 g/mol. The lowest BCUT2D eigenvalue weighted by molar-refractivity contribution is 0.0717. The number of nitrogens with zero attached hydrogens (tertiary/aromatic N) is 1. The third-order valence-electron chi connectivity index (χ3n) is 2.45. The summed E-state index contributed by atoms with van der Waals surface area (Å²) in [6.45, 7) is 6.57. The number of amides is 1. The first-order chi connectivity index (χ1) is 7.47. The second-order valence-electron chi connectivity index (χ2n) is 3.92. The van der Waals surface area contributed by atoms with Crippen LogP contribution in [0.3, 0.4) is 0 Å². The summed E-state index contributed by atoms with van der Waals surface area (Å²) in [7, 11) is 0. The van der Waals surface area contributed by atoms with Gasteiger partial charge >= 0.3 is 0 Å². The zero-order chi connectivity index (χ0) is 12.3. The molecule has 4 heteroatoms. The number of halogens is 1. The minimum atomic E-state index is -0.0532. The molecule has 1 rings (SSSR count). The zero-order valence-corrected chi connectivity index (χ0v) is 10.6. The van der Waals surface area contributed by atoms with Crippen LogP contribution < -0.4 is 5.73 Å². The van der Waals surface area contributed by atoms with E-state index in [0.717, 1.165) is 0 Å². The minimum absolute atomic E-state index is 0.0532. The molecule has 1 aromatic rings. The highest BCUT2D eigenvalue weighted by Crippen LogP contribution is 2.21. The second kappa shape index (κ2) is 5.21. The summed E-state index contributed by atoms with van der Waals surface area (Å²) >= 11 is 6.00. The van der Waals surface area contributed by atoms with Crippen molar-refractivity contribution in [1.29, 1.82) is 0 Å². The summed E-state index contributed by atoms with van der Waals surface area (Å²) in [5.74, 6) is -0.0532. The lowest BCUT2D eigenvalue weighted by Gasteiger charge is -2.25. The van der Waals surface area contributed by atoms with Crippen LogP contribution in [0.25, 0.3) is 0 Å². The van der Waals surface area contributed by atoms with Gasteiger partial charge < -0.3 is 10.6 Å². The summed E-state index contributed by atoms with van der Waals surface area (Å²) in [6.07, 6.45) is 0. The highest BCUT2D eigenvalue weighted by Gasteiger charge is 2.19. The molecule has 0 aliphatic rings. The van der Waals surface area contributed by atoms with E-state index in [2.05, 4.69) is 0 Å². The lowest BCUT2D eigenvalue weighted by Crippen LogP contribution is -2.36. The van der Waals surface area contributed by atoms with Crippen LogP contribution in [-0.2, 0) is 0 Å². The molecule has 0 heterocycles. The van der Waals surface area contributed by atoms with Crippen molar-refractivity contribution in [3.8, 4) is 0 Å². The van der Waals surface area contributed by atoms with Crippen molar-refractivity contribution < 1.29 is 4.79 Å². The van der Waals surface area contributed by atoms with Gasteiger partial charge in [0.15, 0.2) is 0 Å². The van der Waals surface area contributed by atoms with Crippen molar-refractivity contribution in [1.82, 2.24) is 4.90 Å². The quantitative estimate of drug-likeness (QED) is 0.826. The normalized spacial score (nSPS) is 10.6. The molecule has 88 valence electrons. The summed E-state index contributed by atoms with van der Waals surface area (Å²) in [6, 6.07) is 5.12. The maximum Gasteiger partial charge on any atom is 0.255 e. The zero-order valence-electron chi connectivity index (χ0n) is 9.83. The molecular weight excluding hydrogens is 224 g/mol. The Labute approximate surface area is 101 Å². The van der Waals surface area contributed by atoms with Crippen LogP contribution in [0.1, 0.15) is 31.1 Å². The minimum Gasteiger partial charge on any atom is -0.399 e. The summed E-state index contributed by atoms with van der Waals surface area (Å²) in [5.41, 5.74) is 6.66. The maximum absolute atomic E-state index is 12.2. The van der Waals surface area contributed by atoms with Gasteiger partial charge in [-0.2, -0.15) is 0 Å². The first-order valence-corrected chi connectivity index (χ1v) is 5.71. The molecule has 0 aliphatic carbocycles. The Balaban J connectivity index is 3.04. The van der Waals surface area contributed by atoms with Crippen LogP contribution in [0.2, 0.25) is 5.02 Å². The molecule has 0 saturated carbocycles. The van der Waals surface area contributed by atoms with Crippen molar-refractivity contribution in [2.45, 2.75) is 26.8 Å². The number of carbonyl (C=O) groups is 1. The van der Waals surface area contributed by atoms with E-state index >= 15 is 0 Å². The second-order valence-corrected chi connectivity index (χ2v) is 4.33. The SMILES string of the molecule is CCN(C(=O)c1ccc(N)cc1Cl)C(C)C. The average Bonchev–Trinajstić information content (AvgIpc) is 2.17. The molecule has 1 aromatic carbocycles. The number of nitrogens with two attached hydrogens (primary N) is 1. The molecule has 0 aliphatic heterocycles. The highest BCUT2D eigenvalue weighted by atomic mass is 35.5. The molecule has 0 aromatic heterocycles. The Hall–Kier alpha value is -1.22. The molecule has 0 unspecified atom stereocenters. The predicted octanol–water partition coefficient (Wildman–Crippen LogP) is 2.79. The first kappa shape index (κ1) is 12.8. The van der Waals surface area contributed by atoms with E-state index in [1.54, 1.807) is 23.1 Å². The van der Waals surface area contributed by atoms with Gasteiger partial charge in [0, 0.05) is 18.3 Å². The number of benzene rings is 1. The molecular formula is C12H17ClN2O. The molecule has 0 radical (unpaired) electrons. The van der Waals surface area contributed by atoms with Crippen LogP contribution in [0.4, 0.5) is 5.69 Å². The Morgan fingerprint density at radius 1 is 1.50 bits per heavy atom. The smallest absolute Gasteiger partial charge is 0.255 e. The maximum atomic E-state index is 12.2. The van der Waals surface area contributed by atoms with E-state index in [0.29, 0.717) is 22.8 Å². The molecule has 3 nitrogen and oxygen atoms in total. The van der Waals surface area contributed by atoms with E-state index < -0.39 is 0 Å². The molecule has 0 saturated heterocycles. The summed E-state index contributed by atoms with van der Waals surface area (Å²) in [5, 5.41) is 0.407. The van der Waals surface area contributed by atoms with Crippen molar-refractivity contribution in [2.24, 2.45) is 0 Å². The topological polar surface area (TPSA) is 46.3 Å². The van der Waals surface area contributed by atoms with Crippen molar-refractivity contribution >= 4 is 23.2 Å². The monoisotopic (exact) mass is 240 g/mol. The largest absolute Gasteiger partial charge is 0.399 e. The summed E-state index contributed by atoms with van der Waals surface area (Å²) < 4.78 is 0. The lowest BCUT2D eigenvalue weighted by atomic mass is 10.1. The molecule has 0 spiro atoms. The van der Waals surface area contributed by atoms with Gasteiger partial charge in [0.1, 0.15) is 0 Å². The Morgan fingerprint density at radius 3 is 2.56 bits per heavy atom. The Bertz CT molecular complexity index is 391. The number of hydrogen-bond donors (Lipinski definition) is 1. The fourth-order valence-corrected chi connectivity index (χ4v) is 1.87. The molecule has 2 N–H and O–H groups in total. The van der Waals surface area contributed by atoms with Crippen molar-refractivity contribution in [3.05, 3.63) is 28.8 Å². The predicted molar refractivity (Wildman–Crippen MR) is 67.7 cm³/mol. The van der Waals surface area contributed by atoms with Crippen LogP contribution in [0.5, 0.6) is 0 Å². The molecule has 0 bridgehead atoms. The fraction of sp³-hybridized carbons (Fsp3) is 0.417. The molecule has 0 atom stereocenters. The van der Waals surface area contributed by atoms with Gasteiger partial charge in [-0.3, -0.25) is 4.79 Å². The van der Waals surface area contributed by atoms with Crippen molar-refractivity contribution in [3.63, 3.8) is 0 Å². The van der Waals surface area contributed by atoms with Gasteiger partial charge in [-0.1, -0.05) is 11.6 Å². The highest BCUT2D eigenvalue weighted by molar-refractivity contribution is 6.34. The van der Waals surface area contributed by atoms with E-state index in [1.807, 2.05) is 20.8 Å². The number of anilines is 1. The van der Waals surface area contributed by atoms with Gasteiger partial charge in [0.2, 0.25) is 0 Å². The number of hydrogen-bond acceptors (Lipinski definition) is 2. The van der Waals surface area contributed by atoms with Crippen LogP contribution in [0, 0.1) is 0 Å². The van der Waals surface area contributed by atoms with E-state index in [-0.39, 0.29) is 11.9 Å². The third kappa shape index (κ3) is 2.67. The Morgan fingerprint density at radius 2 is 2.12 bits per heavy atom. The van der Waals surface area contributed by atoms with Crippen LogP contribution >= 0.6 is 11.6 Å². The van der Waals surface area contributed by atoms with Crippen molar-refractivity contribution in [2.75, 3.05) is 12.3 Å². The standard InChI is InChI=1S/C12H17ClN2O/c1-4-15(8(2)3)12(16)10-6-5-9(14)7-11(10)13/h5-8H,4,14H2,1-3H3. The van der Waals surface area contributed by atoms with Gasteiger partial charge in [0.25, 0.3) is 5.91 Å². The van der Waals surface area contributed by atoms with E-state index in [9.17, 15) is 4.79 Å². The van der Waals surface area contributed by atoms with Gasteiger partial charge in [-0.25, -0.2) is 0 Å². The molecule has 0 fully saturated rings. The van der Waals surface area contributed by atoms with Crippen LogP contribution in [-0.4, -0.2) is 23.4 Å². The Kier molecular flexibility index (Phi) is 4.19. The fourth-order valence-electron chi connectivity index (χ4n) is 1.60. The number of nitrogen functional groups attached to an aromatic ring is 1. The first-order valence-electron chi connectivity index (χ1n) is 5.33. The number of carbonyl (C=O) groups excluding carboxylic acids is 1. The van der Waals surface area contributed by atoms with E-state index in [1.165, 1.54) is 0 Å². The molecule has 16 heavy (non-hydrogen) atoms. The van der Waals surface area contributed by atoms with Gasteiger partial charge in [-0.05, 0) is 39.0 Å². The summed E-state index contributed by atoms with van der Waals surface area (Å²) in [4.78, 5) is 13.9. The van der Waals surface area contributed by atoms with Gasteiger partial charge in [0.05, 0.1) is 10.6 Å². The molecule has 1 amide bonds. The number of rotatable bonds is 3. The third-order valence-corrected chi connectivity index (χ3v) is 2.76. The van der Waals surface area contributed by atoms with Crippen LogP contribution in [0.15, 0.2) is 18.2 Å².